The lowest BCUT2D eigenvalue weighted by Crippen LogP contribution is -2.15. The van der Waals surface area contributed by atoms with Crippen molar-refractivity contribution in [3.8, 4) is 5.75 Å². The molecular weight excluding hydrogens is 236 g/mol. The normalized spacial score (nSPS) is 9.94. The molecule has 0 saturated carbocycles. The molecule has 0 fully saturated rings. The van der Waals surface area contributed by atoms with Crippen LogP contribution in [-0.4, -0.2) is 30.3 Å². The number of benzene rings is 1. The van der Waals surface area contributed by atoms with Crippen molar-refractivity contribution < 1.29 is 24.2 Å². The van der Waals surface area contributed by atoms with Crippen molar-refractivity contribution in [3.05, 3.63) is 28.8 Å². The number of phenols is 1. The lowest BCUT2D eigenvalue weighted by molar-refractivity contribution is 0.0478. The molecule has 0 spiro atoms. The van der Waals surface area contributed by atoms with E-state index in [-0.39, 0.29) is 30.1 Å². The number of rotatable bonds is 4. The van der Waals surface area contributed by atoms with Crippen molar-refractivity contribution in [2.24, 2.45) is 0 Å². The summed E-state index contributed by atoms with van der Waals surface area (Å²) in [5.41, 5.74) is 0.623. The van der Waals surface area contributed by atoms with Crippen LogP contribution in [-0.2, 0) is 9.47 Å². The maximum absolute atomic E-state index is 11.8. The van der Waals surface area contributed by atoms with Gasteiger partial charge < -0.3 is 14.6 Å². The fourth-order valence-electron chi connectivity index (χ4n) is 1.61. The number of aromatic hydroxyl groups is 1. The first-order chi connectivity index (χ1) is 8.51. The summed E-state index contributed by atoms with van der Waals surface area (Å²) in [6.45, 7) is 5.36. The van der Waals surface area contributed by atoms with Gasteiger partial charge in [-0.25, -0.2) is 9.59 Å². The lowest BCUT2D eigenvalue weighted by Gasteiger charge is -2.11. The van der Waals surface area contributed by atoms with Crippen LogP contribution in [0.2, 0.25) is 0 Å². The highest BCUT2D eigenvalue weighted by Crippen LogP contribution is 2.23. The zero-order chi connectivity index (χ0) is 13.7. The van der Waals surface area contributed by atoms with Gasteiger partial charge in [0.15, 0.2) is 0 Å². The number of esters is 2. The molecule has 0 unspecified atom stereocenters. The first-order valence-electron chi connectivity index (χ1n) is 5.69. The van der Waals surface area contributed by atoms with Crippen molar-refractivity contribution in [3.63, 3.8) is 0 Å². The maximum Gasteiger partial charge on any atom is 0.339 e. The van der Waals surface area contributed by atoms with E-state index in [4.69, 9.17) is 9.47 Å². The quantitative estimate of drug-likeness (QED) is 0.830. The zero-order valence-corrected chi connectivity index (χ0v) is 10.6. The Hall–Kier alpha value is -2.04. The third-order valence-corrected chi connectivity index (χ3v) is 2.30. The largest absolute Gasteiger partial charge is 0.508 e. The van der Waals surface area contributed by atoms with Gasteiger partial charge in [-0.2, -0.15) is 0 Å². The molecule has 0 aromatic heterocycles. The van der Waals surface area contributed by atoms with Crippen molar-refractivity contribution in [1.82, 2.24) is 0 Å². The summed E-state index contributed by atoms with van der Waals surface area (Å²) in [7, 11) is 0. The van der Waals surface area contributed by atoms with E-state index in [1.54, 1.807) is 20.8 Å². The summed E-state index contributed by atoms with van der Waals surface area (Å²) < 4.78 is 9.74. The van der Waals surface area contributed by atoms with Gasteiger partial charge in [-0.05, 0) is 38.5 Å². The second-order valence-corrected chi connectivity index (χ2v) is 3.63. The third kappa shape index (κ3) is 3.00. The van der Waals surface area contributed by atoms with Gasteiger partial charge >= 0.3 is 11.9 Å². The predicted octanol–water partition coefficient (Wildman–Crippen LogP) is 2.05. The molecule has 5 nitrogen and oxygen atoms in total. The van der Waals surface area contributed by atoms with E-state index in [9.17, 15) is 14.7 Å². The van der Waals surface area contributed by atoms with Crippen LogP contribution in [0.4, 0.5) is 0 Å². The fourth-order valence-corrected chi connectivity index (χ4v) is 1.61. The number of ether oxygens (including phenoxy) is 2. The Bertz CT molecular complexity index is 465. The summed E-state index contributed by atoms with van der Waals surface area (Å²) in [4.78, 5) is 23.5. The summed E-state index contributed by atoms with van der Waals surface area (Å²) >= 11 is 0. The molecular formula is C13H16O5. The molecule has 0 atom stereocenters. The van der Waals surface area contributed by atoms with Gasteiger partial charge in [-0.1, -0.05) is 0 Å². The van der Waals surface area contributed by atoms with Crippen LogP contribution in [0.1, 0.15) is 40.1 Å². The second-order valence-electron chi connectivity index (χ2n) is 3.63. The first-order valence-corrected chi connectivity index (χ1v) is 5.69. The molecule has 0 aliphatic rings. The smallest absolute Gasteiger partial charge is 0.339 e. The Balaban J connectivity index is 3.29. The Morgan fingerprint density at radius 1 is 1.11 bits per heavy atom. The van der Waals surface area contributed by atoms with Crippen LogP contribution in [0, 0.1) is 6.92 Å². The second kappa shape index (κ2) is 6.05. The van der Waals surface area contributed by atoms with Gasteiger partial charge in [0.1, 0.15) is 5.75 Å². The van der Waals surface area contributed by atoms with Crippen molar-refractivity contribution in [2.75, 3.05) is 13.2 Å². The van der Waals surface area contributed by atoms with E-state index in [1.807, 2.05) is 0 Å². The Labute approximate surface area is 105 Å². The van der Waals surface area contributed by atoms with Crippen LogP contribution < -0.4 is 0 Å². The highest BCUT2D eigenvalue weighted by molar-refractivity contribution is 6.04. The standard InChI is InChI=1S/C13H16O5/c1-4-17-12(15)10-7-9(14)6-8(3)11(10)13(16)18-5-2/h6-7,14H,4-5H2,1-3H3. The van der Waals surface area contributed by atoms with E-state index >= 15 is 0 Å². The van der Waals surface area contributed by atoms with E-state index < -0.39 is 11.9 Å². The molecule has 5 heteroatoms. The van der Waals surface area contributed by atoms with Crippen LogP contribution in [0.5, 0.6) is 5.75 Å². The van der Waals surface area contributed by atoms with E-state index in [0.717, 1.165) is 0 Å². The number of phenolic OH excluding ortho intramolecular Hbond substituents is 1. The summed E-state index contributed by atoms with van der Waals surface area (Å²) in [5, 5.41) is 9.49. The van der Waals surface area contributed by atoms with E-state index in [0.29, 0.717) is 5.56 Å². The molecule has 0 heterocycles. The van der Waals surface area contributed by atoms with Gasteiger partial charge in [-0.15, -0.1) is 0 Å². The average Bonchev–Trinajstić information content (AvgIpc) is 2.28. The van der Waals surface area contributed by atoms with Gasteiger partial charge in [0.05, 0.1) is 24.3 Å². The van der Waals surface area contributed by atoms with Gasteiger partial charge in [0.2, 0.25) is 0 Å². The SMILES string of the molecule is CCOC(=O)c1cc(O)cc(C)c1C(=O)OCC. The van der Waals surface area contributed by atoms with Gasteiger partial charge in [0, 0.05) is 0 Å². The highest BCUT2D eigenvalue weighted by atomic mass is 16.5. The van der Waals surface area contributed by atoms with Crippen molar-refractivity contribution >= 4 is 11.9 Å². The predicted molar refractivity (Wildman–Crippen MR) is 64.8 cm³/mol. The third-order valence-electron chi connectivity index (χ3n) is 2.30. The number of hydrogen-bond donors (Lipinski definition) is 1. The average molecular weight is 252 g/mol. The van der Waals surface area contributed by atoms with E-state index in [2.05, 4.69) is 0 Å². The summed E-state index contributed by atoms with van der Waals surface area (Å²) in [6, 6.07) is 2.60. The number of aryl methyl sites for hydroxylation is 1. The molecule has 1 aromatic rings. The number of hydrogen-bond acceptors (Lipinski definition) is 5. The van der Waals surface area contributed by atoms with Crippen molar-refractivity contribution in [2.45, 2.75) is 20.8 Å². The molecule has 0 aliphatic carbocycles. The molecule has 0 bridgehead atoms. The lowest BCUT2D eigenvalue weighted by atomic mass is 10.0. The van der Waals surface area contributed by atoms with Crippen LogP contribution in [0.15, 0.2) is 12.1 Å². The van der Waals surface area contributed by atoms with Gasteiger partial charge in [0.25, 0.3) is 0 Å². The monoisotopic (exact) mass is 252 g/mol. The molecule has 0 saturated heterocycles. The molecule has 0 aliphatic heterocycles. The topological polar surface area (TPSA) is 72.8 Å². The Kier molecular flexibility index (Phi) is 4.71. The highest BCUT2D eigenvalue weighted by Gasteiger charge is 2.22. The molecule has 1 aromatic carbocycles. The minimum Gasteiger partial charge on any atom is -0.508 e. The molecule has 18 heavy (non-hydrogen) atoms. The molecule has 98 valence electrons. The van der Waals surface area contributed by atoms with Crippen LogP contribution in [0.3, 0.4) is 0 Å². The number of carbonyl (C=O) groups is 2. The Morgan fingerprint density at radius 3 is 2.22 bits per heavy atom. The summed E-state index contributed by atoms with van der Waals surface area (Å²) in [5.74, 6) is -1.35. The summed E-state index contributed by atoms with van der Waals surface area (Å²) in [6.07, 6.45) is 0. The van der Waals surface area contributed by atoms with Crippen LogP contribution >= 0.6 is 0 Å². The first kappa shape index (κ1) is 14.0. The minimum absolute atomic E-state index is 0.0211. The molecule has 1 N–H and O–H groups in total. The maximum atomic E-state index is 11.8. The van der Waals surface area contributed by atoms with E-state index in [1.165, 1.54) is 12.1 Å². The van der Waals surface area contributed by atoms with Gasteiger partial charge in [-0.3, -0.25) is 0 Å². The van der Waals surface area contributed by atoms with Crippen LogP contribution in [0.25, 0.3) is 0 Å². The zero-order valence-electron chi connectivity index (χ0n) is 10.6. The Morgan fingerprint density at radius 2 is 1.67 bits per heavy atom. The molecule has 1 rings (SSSR count). The molecule has 0 amide bonds. The number of carbonyl (C=O) groups excluding carboxylic acids is 2. The van der Waals surface area contributed by atoms with Crippen molar-refractivity contribution in [1.29, 1.82) is 0 Å². The fraction of sp³-hybridized carbons (Fsp3) is 0.385. The minimum atomic E-state index is -0.653. The molecule has 0 radical (unpaired) electrons.